The fraction of sp³-hybridized carbons (Fsp3) is 0.571. The topological polar surface area (TPSA) is 35.2 Å². The van der Waals surface area contributed by atoms with Crippen LogP contribution in [-0.2, 0) is 11.2 Å². The Balaban J connectivity index is 2.66. The van der Waals surface area contributed by atoms with Gasteiger partial charge in [0.2, 0.25) is 0 Å². The molecular weight excluding hydrogens is 198 g/mol. The Morgan fingerprint density at radius 1 is 1.31 bits per heavy atom. The lowest BCUT2D eigenvalue weighted by Crippen LogP contribution is -2.41. The molecule has 0 aliphatic heterocycles. The van der Waals surface area contributed by atoms with E-state index in [9.17, 15) is 0 Å². The highest BCUT2D eigenvalue weighted by Crippen LogP contribution is 2.14. The molecule has 2 unspecified atom stereocenters. The maximum absolute atomic E-state index is 6.19. The van der Waals surface area contributed by atoms with Crippen molar-refractivity contribution in [2.75, 3.05) is 7.11 Å². The van der Waals surface area contributed by atoms with Crippen molar-refractivity contribution >= 4 is 0 Å². The lowest BCUT2D eigenvalue weighted by atomic mass is 9.94. The molecule has 1 aromatic rings. The van der Waals surface area contributed by atoms with Gasteiger partial charge in [0, 0.05) is 13.2 Å². The molecule has 1 aromatic carbocycles. The van der Waals surface area contributed by atoms with Crippen molar-refractivity contribution in [3.8, 4) is 0 Å². The number of rotatable bonds is 5. The molecular formula is C14H23NO. The second-order valence-electron chi connectivity index (χ2n) is 4.80. The van der Waals surface area contributed by atoms with Crippen LogP contribution in [0.2, 0.25) is 0 Å². The van der Waals surface area contributed by atoms with E-state index in [2.05, 4.69) is 45.0 Å². The van der Waals surface area contributed by atoms with E-state index < -0.39 is 0 Å². The molecule has 0 aromatic heterocycles. The summed E-state index contributed by atoms with van der Waals surface area (Å²) in [4.78, 5) is 0. The van der Waals surface area contributed by atoms with Crippen LogP contribution in [-0.4, -0.2) is 19.3 Å². The van der Waals surface area contributed by atoms with E-state index in [0.29, 0.717) is 5.92 Å². The molecule has 2 atom stereocenters. The minimum absolute atomic E-state index is 0.0619. The zero-order valence-corrected chi connectivity index (χ0v) is 10.7. The average Bonchev–Trinajstić information content (AvgIpc) is 2.17. The number of ether oxygens (including phenoxy) is 1. The van der Waals surface area contributed by atoms with Gasteiger partial charge in [0.05, 0.1) is 6.10 Å². The SMILES string of the molecule is COC(C(C)C)C(N)Cc1cccc(C)c1. The summed E-state index contributed by atoms with van der Waals surface area (Å²) in [6.45, 7) is 6.39. The summed E-state index contributed by atoms with van der Waals surface area (Å²) in [7, 11) is 1.74. The van der Waals surface area contributed by atoms with Crippen LogP contribution in [0.1, 0.15) is 25.0 Å². The van der Waals surface area contributed by atoms with Crippen molar-refractivity contribution in [2.45, 2.75) is 39.3 Å². The Kier molecular flexibility index (Phi) is 4.97. The number of methoxy groups -OCH3 is 1. The van der Waals surface area contributed by atoms with E-state index in [-0.39, 0.29) is 12.1 Å². The van der Waals surface area contributed by atoms with Crippen molar-refractivity contribution in [3.63, 3.8) is 0 Å². The van der Waals surface area contributed by atoms with Crippen LogP contribution in [0.25, 0.3) is 0 Å². The van der Waals surface area contributed by atoms with Gasteiger partial charge in [-0.15, -0.1) is 0 Å². The number of nitrogens with two attached hydrogens (primary N) is 1. The molecule has 2 heteroatoms. The molecule has 0 aliphatic carbocycles. The maximum atomic E-state index is 6.19. The number of hydrogen-bond acceptors (Lipinski definition) is 2. The van der Waals surface area contributed by atoms with E-state index in [1.807, 2.05) is 0 Å². The van der Waals surface area contributed by atoms with E-state index >= 15 is 0 Å². The van der Waals surface area contributed by atoms with Gasteiger partial charge in [0.1, 0.15) is 0 Å². The first kappa shape index (κ1) is 13.2. The minimum atomic E-state index is 0.0619. The molecule has 0 fully saturated rings. The molecule has 16 heavy (non-hydrogen) atoms. The van der Waals surface area contributed by atoms with Crippen molar-refractivity contribution in [2.24, 2.45) is 11.7 Å². The van der Waals surface area contributed by atoms with Crippen LogP contribution in [0.15, 0.2) is 24.3 Å². The monoisotopic (exact) mass is 221 g/mol. The highest BCUT2D eigenvalue weighted by Gasteiger charge is 2.20. The van der Waals surface area contributed by atoms with Crippen LogP contribution in [0, 0.1) is 12.8 Å². The Hall–Kier alpha value is -0.860. The first-order valence-corrected chi connectivity index (χ1v) is 5.88. The smallest absolute Gasteiger partial charge is 0.0748 e. The normalized spacial score (nSPS) is 15.1. The van der Waals surface area contributed by atoms with Crippen molar-refractivity contribution < 1.29 is 4.74 Å². The van der Waals surface area contributed by atoms with E-state index in [4.69, 9.17) is 10.5 Å². The molecule has 0 heterocycles. The van der Waals surface area contributed by atoms with Gasteiger partial charge in [-0.05, 0) is 24.8 Å². The average molecular weight is 221 g/mol. The molecule has 0 radical (unpaired) electrons. The molecule has 0 spiro atoms. The maximum Gasteiger partial charge on any atom is 0.0748 e. The summed E-state index contributed by atoms with van der Waals surface area (Å²) >= 11 is 0. The van der Waals surface area contributed by atoms with Gasteiger partial charge in [0.15, 0.2) is 0 Å². The Morgan fingerprint density at radius 3 is 2.50 bits per heavy atom. The Labute approximate surface area is 98.8 Å². The third-order valence-electron chi connectivity index (χ3n) is 2.91. The molecule has 2 N–H and O–H groups in total. The first-order valence-electron chi connectivity index (χ1n) is 5.88. The molecule has 90 valence electrons. The second-order valence-corrected chi connectivity index (χ2v) is 4.80. The summed E-state index contributed by atoms with van der Waals surface area (Å²) in [5.74, 6) is 0.449. The highest BCUT2D eigenvalue weighted by atomic mass is 16.5. The summed E-state index contributed by atoms with van der Waals surface area (Å²) < 4.78 is 5.45. The van der Waals surface area contributed by atoms with Gasteiger partial charge in [-0.25, -0.2) is 0 Å². The Morgan fingerprint density at radius 2 is 2.00 bits per heavy atom. The van der Waals surface area contributed by atoms with Gasteiger partial charge >= 0.3 is 0 Å². The second kappa shape index (κ2) is 6.02. The first-order chi connectivity index (χ1) is 7.54. The van der Waals surface area contributed by atoms with Gasteiger partial charge in [0.25, 0.3) is 0 Å². The standard InChI is InChI=1S/C14H23NO/c1-10(2)14(16-4)13(15)9-12-7-5-6-11(3)8-12/h5-8,10,13-14H,9,15H2,1-4H3. The number of aryl methyl sites for hydroxylation is 1. The minimum Gasteiger partial charge on any atom is -0.380 e. The third kappa shape index (κ3) is 3.62. The molecule has 0 saturated carbocycles. The molecule has 1 rings (SSSR count). The largest absolute Gasteiger partial charge is 0.380 e. The van der Waals surface area contributed by atoms with Gasteiger partial charge < -0.3 is 10.5 Å². The fourth-order valence-corrected chi connectivity index (χ4v) is 2.17. The summed E-state index contributed by atoms with van der Waals surface area (Å²) in [6.07, 6.45) is 0.999. The predicted octanol–water partition coefficient (Wildman–Crippen LogP) is 2.54. The van der Waals surface area contributed by atoms with Crippen LogP contribution >= 0.6 is 0 Å². The van der Waals surface area contributed by atoms with Crippen LogP contribution in [0.3, 0.4) is 0 Å². The summed E-state index contributed by atoms with van der Waals surface area (Å²) in [6, 6.07) is 8.55. The third-order valence-corrected chi connectivity index (χ3v) is 2.91. The number of hydrogen-bond donors (Lipinski definition) is 1. The molecule has 0 aliphatic rings. The highest BCUT2D eigenvalue weighted by molar-refractivity contribution is 5.23. The number of benzene rings is 1. The lowest BCUT2D eigenvalue weighted by molar-refractivity contribution is 0.0441. The zero-order valence-electron chi connectivity index (χ0n) is 10.7. The zero-order chi connectivity index (χ0) is 12.1. The summed E-state index contributed by atoms with van der Waals surface area (Å²) in [5.41, 5.74) is 8.75. The van der Waals surface area contributed by atoms with Gasteiger partial charge in [-0.2, -0.15) is 0 Å². The van der Waals surface area contributed by atoms with Crippen LogP contribution in [0.4, 0.5) is 0 Å². The quantitative estimate of drug-likeness (QED) is 0.829. The van der Waals surface area contributed by atoms with E-state index in [1.54, 1.807) is 7.11 Å². The fourth-order valence-electron chi connectivity index (χ4n) is 2.17. The molecule has 2 nitrogen and oxygen atoms in total. The van der Waals surface area contributed by atoms with Crippen LogP contribution < -0.4 is 5.73 Å². The van der Waals surface area contributed by atoms with E-state index in [1.165, 1.54) is 11.1 Å². The molecule has 0 saturated heterocycles. The van der Waals surface area contributed by atoms with Gasteiger partial charge in [-0.1, -0.05) is 43.7 Å². The van der Waals surface area contributed by atoms with Crippen molar-refractivity contribution in [1.82, 2.24) is 0 Å². The lowest BCUT2D eigenvalue weighted by Gasteiger charge is -2.26. The van der Waals surface area contributed by atoms with Gasteiger partial charge in [-0.3, -0.25) is 0 Å². The predicted molar refractivity (Wildman–Crippen MR) is 68.5 cm³/mol. The van der Waals surface area contributed by atoms with E-state index in [0.717, 1.165) is 6.42 Å². The van der Waals surface area contributed by atoms with Crippen LogP contribution in [0.5, 0.6) is 0 Å². The summed E-state index contributed by atoms with van der Waals surface area (Å²) in [5, 5.41) is 0. The Bertz CT molecular complexity index is 322. The van der Waals surface area contributed by atoms with Crippen molar-refractivity contribution in [1.29, 1.82) is 0 Å². The van der Waals surface area contributed by atoms with Crippen molar-refractivity contribution in [3.05, 3.63) is 35.4 Å². The molecule has 0 amide bonds. The molecule has 0 bridgehead atoms.